The molecule has 0 fully saturated rings. The molecule has 0 aliphatic rings. The number of ether oxygens (including phenoxy) is 1. The van der Waals surface area contributed by atoms with Gasteiger partial charge in [-0.05, 0) is 12.8 Å². The van der Waals surface area contributed by atoms with Gasteiger partial charge in [-0.3, -0.25) is 4.79 Å². The summed E-state index contributed by atoms with van der Waals surface area (Å²) in [5.74, 6) is 0.0495. The van der Waals surface area contributed by atoms with Crippen LogP contribution >= 0.6 is 0 Å². The van der Waals surface area contributed by atoms with Gasteiger partial charge < -0.3 is 9.57 Å². The first kappa shape index (κ1) is 13.4. The predicted octanol–water partition coefficient (Wildman–Crippen LogP) is 1.36. The van der Waals surface area contributed by atoms with Crippen LogP contribution in [0, 0.1) is 11.8 Å². The van der Waals surface area contributed by atoms with Crippen molar-refractivity contribution in [3.05, 3.63) is 0 Å². The van der Waals surface area contributed by atoms with E-state index in [1.807, 2.05) is 13.8 Å². The zero-order valence-electron chi connectivity index (χ0n) is 9.66. The minimum atomic E-state index is -0.224. The fraction of sp³-hybridized carbons (Fsp3) is 0.900. The van der Waals surface area contributed by atoms with E-state index in [1.165, 1.54) is 7.11 Å². The number of hydrogen-bond acceptors (Lipinski definition) is 4. The molecule has 0 heterocycles. The lowest BCUT2D eigenvalue weighted by Crippen LogP contribution is -2.37. The normalized spacial score (nSPS) is 15.3. The highest BCUT2D eigenvalue weighted by molar-refractivity contribution is 5.72. The van der Waals surface area contributed by atoms with Crippen LogP contribution in [0.1, 0.15) is 27.7 Å². The molecule has 2 atom stereocenters. The SMILES string of the molecule is COC(=O)C(C)C(C)NOCC(C)C. The molecule has 1 N–H and O–H groups in total. The third-order valence-corrected chi connectivity index (χ3v) is 2.01. The fourth-order valence-corrected chi connectivity index (χ4v) is 0.838. The summed E-state index contributed by atoms with van der Waals surface area (Å²) in [7, 11) is 1.39. The first-order valence-electron chi connectivity index (χ1n) is 4.94. The number of nitrogens with one attached hydrogen (secondary N) is 1. The van der Waals surface area contributed by atoms with Crippen molar-refractivity contribution in [1.29, 1.82) is 0 Å². The highest BCUT2D eigenvalue weighted by Crippen LogP contribution is 2.04. The van der Waals surface area contributed by atoms with E-state index in [9.17, 15) is 4.79 Å². The first-order chi connectivity index (χ1) is 6.49. The third kappa shape index (κ3) is 5.19. The minimum absolute atomic E-state index is 0.0406. The summed E-state index contributed by atoms with van der Waals surface area (Å²) in [5, 5.41) is 0. The molecular weight excluding hydrogens is 182 g/mol. The van der Waals surface area contributed by atoms with E-state index in [-0.39, 0.29) is 17.9 Å². The maximum Gasteiger partial charge on any atom is 0.310 e. The largest absolute Gasteiger partial charge is 0.469 e. The van der Waals surface area contributed by atoms with Crippen LogP contribution in [0.15, 0.2) is 0 Å². The van der Waals surface area contributed by atoms with Crippen LogP contribution in [-0.4, -0.2) is 25.7 Å². The summed E-state index contributed by atoms with van der Waals surface area (Å²) in [6, 6.07) is -0.0406. The number of hydroxylamine groups is 1. The van der Waals surface area contributed by atoms with Crippen molar-refractivity contribution in [2.45, 2.75) is 33.7 Å². The molecule has 0 radical (unpaired) electrons. The second-order valence-electron chi connectivity index (χ2n) is 3.92. The molecule has 0 saturated carbocycles. The van der Waals surface area contributed by atoms with E-state index >= 15 is 0 Å². The van der Waals surface area contributed by atoms with E-state index in [1.54, 1.807) is 0 Å². The molecule has 0 rings (SSSR count). The Morgan fingerprint density at radius 2 is 1.86 bits per heavy atom. The van der Waals surface area contributed by atoms with Crippen LogP contribution in [0.25, 0.3) is 0 Å². The number of carbonyl (C=O) groups excluding carboxylic acids is 1. The smallest absolute Gasteiger partial charge is 0.310 e. The molecule has 0 amide bonds. The monoisotopic (exact) mass is 203 g/mol. The summed E-state index contributed by atoms with van der Waals surface area (Å²) in [5.41, 5.74) is 2.83. The molecule has 0 aromatic heterocycles. The number of hydrogen-bond donors (Lipinski definition) is 1. The quantitative estimate of drug-likeness (QED) is 0.523. The van der Waals surface area contributed by atoms with Gasteiger partial charge in [0.2, 0.25) is 0 Å². The molecule has 0 spiro atoms. The molecular formula is C10H21NO3. The van der Waals surface area contributed by atoms with Crippen molar-refractivity contribution in [3.8, 4) is 0 Å². The van der Waals surface area contributed by atoms with Gasteiger partial charge in [-0.2, -0.15) is 5.48 Å². The van der Waals surface area contributed by atoms with Crippen molar-refractivity contribution in [1.82, 2.24) is 5.48 Å². The van der Waals surface area contributed by atoms with E-state index in [0.29, 0.717) is 12.5 Å². The Hall–Kier alpha value is -0.610. The number of rotatable bonds is 6. The van der Waals surface area contributed by atoms with Crippen molar-refractivity contribution in [3.63, 3.8) is 0 Å². The highest BCUT2D eigenvalue weighted by atomic mass is 16.6. The van der Waals surface area contributed by atoms with E-state index in [0.717, 1.165) is 0 Å². The molecule has 4 heteroatoms. The van der Waals surface area contributed by atoms with Crippen LogP contribution in [-0.2, 0) is 14.4 Å². The lowest BCUT2D eigenvalue weighted by molar-refractivity contribution is -0.147. The minimum Gasteiger partial charge on any atom is -0.469 e. The summed E-state index contributed by atoms with van der Waals surface area (Å²) < 4.78 is 4.63. The van der Waals surface area contributed by atoms with Gasteiger partial charge in [-0.15, -0.1) is 0 Å². The molecule has 0 aromatic carbocycles. The van der Waals surface area contributed by atoms with Gasteiger partial charge in [-0.25, -0.2) is 0 Å². The Bertz CT molecular complexity index is 171. The van der Waals surface area contributed by atoms with Gasteiger partial charge in [0.05, 0.1) is 19.6 Å². The molecule has 0 aliphatic heterocycles. The van der Waals surface area contributed by atoms with Crippen LogP contribution in [0.4, 0.5) is 0 Å². The molecule has 0 aliphatic carbocycles. The molecule has 84 valence electrons. The maximum absolute atomic E-state index is 11.1. The second kappa shape index (κ2) is 6.79. The standard InChI is InChI=1S/C10H21NO3/c1-7(2)6-14-11-9(4)8(3)10(12)13-5/h7-9,11H,6H2,1-5H3. The van der Waals surface area contributed by atoms with Gasteiger partial charge in [0.25, 0.3) is 0 Å². The molecule has 0 saturated heterocycles. The highest BCUT2D eigenvalue weighted by Gasteiger charge is 2.20. The average Bonchev–Trinajstić information content (AvgIpc) is 2.14. The second-order valence-corrected chi connectivity index (χ2v) is 3.92. The summed E-state index contributed by atoms with van der Waals surface area (Å²) in [4.78, 5) is 16.3. The third-order valence-electron chi connectivity index (χ3n) is 2.01. The maximum atomic E-state index is 11.1. The number of methoxy groups -OCH3 is 1. The van der Waals surface area contributed by atoms with Crippen molar-refractivity contribution < 1.29 is 14.4 Å². The Balaban J connectivity index is 3.72. The zero-order valence-corrected chi connectivity index (χ0v) is 9.66. The van der Waals surface area contributed by atoms with Gasteiger partial charge >= 0.3 is 5.97 Å². The molecule has 0 bridgehead atoms. The van der Waals surface area contributed by atoms with Crippen LogP contribution in [0.5, 0.6) is 0 Å². The van der Waals surface area contributed by atoms with Gasteiger partial charge in [0.15, 0.2) is 0 Å². The first-order valence-corrected chi connectivity index (χ1v) is 4.94. The van der Waals surface area contributed by atoms with Crippen molar-refractivity contribution in [2.24, 2.45) is 11.8 Å². The Kier molecular flexibility index (Phi) is 6.49. The van der Waals surface area contributed by atoms with Crippen LogP contribution in [0.3, 0.4) is 0 Å². The van der Waals surface area contributed by atoms with Crippen molar-refractivity contribution in [2.75, 3.05) is 13.7 Å². The van der Waals surface area contributed by atoms with E-state index < -0.39 is 0 Å². The van der Waals surface area contributed by atoms with E-state index in [4.69, 9.17) is 4.84 Å². The van der Waals surface area contributed by atoms with E-state index in [2.05, 4.69) is 24.1 Å². The van der Waals surface area contributed by atoms with Gasteiger partial charge in [0.1, 0.15) is 0 Å². The van der Waals surface area contributed by atoms with Crippen molar-refractivity contribution >= 4 is 5.97 Å². The number of carbonyl (C=O) groups is 1. The summed E-state index contributed by atoms with van der Waals surface area (Å²) >= 11 is 0. The molecule has 2 unspecified atom stereocenters. The van der Waals surface area contributed by atoms with Gasteiger partial charge in [0, 0.05) is 6.04 Å². The lowest BCUT2D eigenvalue weighted by Gasteiger charge is -2.19. The molecule has 14 heavy (non-hydrogen) atoms. The zero-order chi connectivity index (χ0) is 11.1. The Morgan fingerprint density at radius 3 is 2.29 bits per heavy atom. The van der Waals surface area contributed by atoms with Gasteiger partial charge in [-0.1, -0.05) is 20.8 Å². The average molecular weight is 203 g/mol. The molecule has 4 nitrogen and oxygen atoms in total. The van der Waals surface area contributed by atoms with Crippen LogP contribution < -0.4 is 5.48 Å². The Morgan fingerprint density at radius 1 is 1.29 bits per heavy atom. The summed E-state index contributed by atoms with van der Waals surface area (Å²) in [6.45, 7) is 8.47. The topological polar surface area (TPSA) is 47.6 Å². The summed E-state index contributed by atoms with van der Waals surface area (Å²) in [6.07, 6.45) is 0. The fourth-order valence-electron chi connectivity index (χ4n) is 0.838. The molecule has 0 aromatic rings. The number of esters is 1. The van der Waals surface area contributed by atoms with Crippen LogP contribution in [0.2, 0.25) is 0 Å². The Labute approximate surface area is 85.9 Å². The predicted molar refractivity (Wildman–Crippen MR) is 54.6 cm³/mol. The lowest BCUT2D eigenvalue weighted by atomic mass is 10.1.